The minimum absolute atomic E-state index is 0.0301. The molecule has 22 heavy (non-hydrogen) atoms. The van der Waals surface area contributed by atoms with Crippen LogP contribution in [0.25, 0.3) is 0 Å². The number of halogens is 4. The highest BCUT2D eigenvalue weighted by Gasteiger charge is 2.41. The van der Waals surface area contributed by atoms with Gasteiger partial charge in [-0.3, -0.25) is 14.5 Å². The lowest BCUT2D eigenvalue weighted by Gasteiger charge is -2.34. The monoisotopic (exact) mass is 338 g/mol. The van der Waals surface area contributed by atoms with Crippen molar-refractivity contribution in [3.05, 3.63) is 39.7 Å². The van der Waals surface area contributed by atoms with Crippen LogP contribution >= 0.6 is 12.2 Å². The van der Waals surface area contributed by atoms with Gasteiger partial charge in [0, 0.05) is 17.7 Å². The Labute approximate surface area is 129 Å². The first kappa shape index (κ1) is 18.3. The molecule has 2 atom stereocenters. The van der Waals surface area contributed by atoms with Crippen LogP contribution < -0.4 is 5.32 Å². The predicted molar refractivity (Wildman–Crippen MR) is 77.6 cm³/mol. The lowest BCUT2D eigenvalue weighted by Crippen LogP contribution is -2.49. The second-order valence-corrected chi connectivity index (χ2v) is 5.03. The number of hydrogen-bond acceptors (Lipinski definition) is 3. The summed E-state index contributed by atoms with van der Waals surface area (Å²) in [7, 11) is 0.500. The molecule has 0 aliphatic carbocycles. The van der Waals surface area contributed by atoms with E-state index in [0.717, 1.165) is 18.2 Å². The minimum Gasteiger partial charge on any atom is -0.370 e. The molecule has 1 aliphatic heterocycles. The number of benzene rings is 1. The Hall–Kier alpha value is -1.77. The molecule has 122 valence electrons. The van der Waals surface area contributed by atoms with Crippen molar-refractivity contribution >= 4 is 22.9 Å². The largest absolute Gasteiger partial charge is 0.370 e. The Morgan fingerprint density at radius 1 is 1.50 bits per heavy atom. The third-order valence-electron chi connectivity index (χ3n) is 3.32. The summed E-state index contributed by atoms with van der Waals surface area (Å²) in [6, 6.07) is 2.40. The Kier molecular flexibility index (Phi) is 6.21. The Bertz CT molecular complexity index is 573. The summed E-state index contributed by atoms with van der Waals surface area (Å²) < 4.78 is 49.8. The molecule has 1 aliphatic rings. The number of hydrogen-bond donors (Lipinski definition) is 1. The van der Waals surface area contributed by atoms with Crippen LogP contribution in [-0.4, -0.2) is 29.4 Å². The first-order valence-corrected chi connectivity index (χ1v) is 6.66. The van der Waals surface area contributed by atoms with E-state index in [-0.39, 0.29) is 29.1 Å². The molecule has 1 aromatic rings. The molecule has 0 saturated carbocycles. The van der Waals surface area contributed by atoms with Crippen molar-refractivity contribution < 1.29 is 22.5 Å². The molecule has 0 bridgehead atoms. The first-order valence-electron chi connectivity index (χ1n) is 6.25. The number of nitro benzene ring substituents is 1. The van der Waals surface area contributed by atoms with E-state index in [9.17, 15) is 27.7 Å². The minimum atomic E-state index is -2.23. The molecule has 4 nitrogen and oxygen atoms in total. The molecule has 2 unspecified atom stereocenters. The fourth-order valence-electron chi connectivity index (χ4n) is 2.12. The van der Waals surface area contributed by atoms with E-state index in [0.29, 0.717) is 7.18 Å². The van der Waals surface area contributed by atoms with Gasteiger partial charge in [0.25, 0.3) is 5.69 Å². The smallest absolute Gasteiger partial charge is 0.269 e. The molecule has 0 amide bonds. The SMILES string of the molecule is CF.O=[N+]([O-])c1ccc(F)c(C2CCC(F)(CF)C(=S)N2)c1. The van der Waals surface area contributed by atoms with Crippen molar-refractivity contribution in [2.45, 2.75) is 24.6 Å². The van der Waals surface area contributed by atoms with E-state index in [4.69, 9.17) is 12.2 Å². The second-order valence-electron chi connectivity index (χ2n) is 4.63. The van der Waals surface area contributed by atoms with Crippen LogP contribution in [-0.2, 0) is 0 Å². The van der Waals surface area contributed by atoms with Crippen molar-refractivity contribution in [2.24, 2.45) is 0 Å². The Morgan fingerprint density at radius 2 is 2.14 bits per heavy atom. The van der Waals surface area contributed by atoms with Crippen LogP contribution in [0.1, 0.15) is 24.4 Å². The number of nitrogens with one attached hydrogen (secondary N) is 1. The van der Waals surface area contributed by atoms with Crippen molar-refractivity contribution in [1.82, 2.24) is 5.32 Å². The summed E-state index contributed by atoms with van der Waals surface area (Å²) in [4.78, 5) is 9.71. The molecule has 1 fully saturated rings. The summed E-state index contributed by atoms with van der Waals surface area (Å²) >= 11 is 4.76. The number of thiocarbonyl (C=S) groups is 1. The van der Waals surface area contributed by atoms with Crippen LogP contribution in [0.5, 0.6) is 0 Å². The zero-order chi connectivity index (χ0) is 16.9. The van der Waals surface area contributed by atoms with E-state index in [1.807, 2.05) is 0 Å². The number of non-ortho nitro benzene ring substituents is 1. The quantitative estimate of drug-likeness (QED) is 0.395. The fraction of sp³-hybridized carbons (Fsp3) is 0.462. The number of nitrogens with zero attached hydrogens (tertiary/aromatic N) is 1. The second kappa shape index (κ2) is 7.48. The van der Waals surface area contributed by atoms with Crippen LogP contribution in [0.3, 0.4) is 0 Å². The molecular weight excluding hydrogens is 324 g/mol. The molecule has 0 aromatic heterocycles. The highest BCUT2D eigenvalue weighted by Crippen LogP contribution is 2.34. The van der Waals surface area contributed by atoms with E-state index in [1.165, 1.54) is 0 Å². The van der Waals surface area contributed by atoms with E-state index < -0.39 is 29.1 Å². The fourth-order valence-corrected chi connectivity index (χ4v) is 2.42. The molecule has 2 rings (SSSR count). The van der Waals surface area contributed by atoms with E-state index >= 15 is 0 Å². The summed E-state index contributed by atoms with van der Waals surface area (Å²) in [6.07, 6.45) is -0.0964. The van der Waals surface area contributed by atoms with Gasteiger partial charge in [-0.2, -0.15) is 0 Å². The van der Waals surface area contributed by atoms with E-state index in [2.05, 4.69) is 5.32 Å². The zero-order valence-electron chi connectivity index (χ0n) is 11.6. The van der Waals surface area contributed by atoms with Crippen LogP contribution in [0.15, 0.2) is 18.2 Å². The maximum absolute atomic E-state index is 13.9. The third kappa shape index (κ3) is 3.70. The molecule has 0 radical (unpaired) electrons. The molecular formula is C13H14F4N2O2S. The van der Waals surface area contributed by atoms with Crippen molar-refractivity contribution in [3.63, 3.8) is 0 Å². The molecule has 1 N–H and O–H groups in total. The molecule has 0 spiro atoms. The average molecular weight is 338 g/mol. The lowest BCUT2D eigenvalue weighted by molar-refractivity contribution is -0.385. The average Bonchev–Trinajstić information content (AvgIpc) is 2.52. The van der Waals surface area contributed by atoms with Gasteiger partial charge < -0.3 is 5.32 Å². The van der Waals surface area contributed by atoms with Gasteiger partial charge >= 0.3 is 0 Å². The third-order valence-corrected chi connectivity index (χ3v) is 3.80. The summed E-state index contributed by atoms with van der Waals surface area (Å²) in [5.74, 6) is -0.650. The van der Waals surface area contributed by atoms with Gasteiger partial charge in [0.05, 0.1) is 18.1 Å². The maximum atomic E-state index is 13.9. The molecule has 1 heterocycles. The molecule has 1 aromatic carbocycles. The molecule has 1 saturated heterocycles. The summed E-state index contributed by atoms with van der Waals surface area (Å²) in [6.45, 7) is -1.25. The van der Waals surface area contributed by atoms with E-state index in [1.54, 1.807) is 0 Å². The Balaban J connectivity index is 0.00000116. The van der Waals surface area contributed by atoms with Crippen LogP contribution in [0.2, 0.25) is 0 Å². The van der Waals surface area contributed by atoms with Crippen molar-refractivity contribution in [3.8, 4) is 0 Å². The first-order chi connectivity index (χ1) is 10.4. The van der Waals surface area contributed by atoms with Gasteiger partial charge in [-0.1, -0.05) is 12.2 Å². The molecule has 9 heteroatoms. The van der Waals surface area contributed by atoms with Crippen molar-refractivity contribution in [1.29, 1.82) is 0 Å². The topological polar surface area (TPSA) is 55.2 Å². The number of piperidine rings is 1. The highest BCUT2D eigenvalue weighted by atomic mass is 32.1. The lowest BCUT2D eigenvalue weighted by atomic mass is 9.89. The summed E-state index contributed by atoms with van der Waals surface area (Å²) in [5.41, 5.74) is -2.47. The normalized spacial score (nSPS) is 24.0. The van der Waals surface area contributed by atoms with Crippen LogP contribution in [0.4, 0.5) is 23.2 Å². The number of rotatable bonds is 3. The highest BCUT2D eigenvalue weighted by molar-refractivity contribution is 7.80. The van der Waals surface area contributed by atoms with Gasteiger partial charge in [-0.05, 0) is 18.9 Å². The number of nitro groups is 1. The zero-order valence-corrected chi connectivity index (χ0v) is 12.4. The van der Waals surface area contributed by atoms with Crippen molar-refractivity contribution in [2.75, 3.05) is 13.9 Å². The standard InChI is InChI=1S/C12H11F3N2O2S.CH3F/c13-6-12(15)4-3-10(16-11(12)20)8-5-7(17(18)19)1-2-9(8)14;1-2/h1-2,5,10H,3-4,6H2,(H,16,20);1H3. The van der Waals surface area contributed by atoms with Crippen LogP contribution in [0, 0.1) is 15.9 Å². The van der Waals surface area contributed by atoms with Gasteiger partial charge in [0.1, 0.15) is 17.5 Å². The summed E-state index contributed by atoms with van der Waals surface area (Å²) in [5, 5.41) is 13.2. The van der Waals surface area contributed by atoms with Gasteiger partial charge in [0.2, 0.25) is 0 Å². The van der Waals surface area contributed by atoms with Gasteiger partial charge in [-0.25, -0.2) is 13.2 Å². The van der Waals surface area contributed by atoms with Gasteiger partial charge in [0.15, 0.2) is 5.67 Å². The maximum Gasteiger partial charge on any atom is 0.269 e. The Morgan fingerprint density at radius 3 is 2.64 bits per heavy atom. The predicted octanol–water partition coefficient (Wildman–Crippen LogP) is 3.75. The number of alkyl halides is 3. The van der Waals surface area contributed by atoms with Gasteiger partial charge in [-0.15, -0.1) is 0 Å².